The molecule has 11 heteroatoms. The predicted octanol–water partition coefficient (Wildman–Crippen LogP) is 6.52. The highest BCUT2D eigenvalue weighted by molar-refractivity contribution is 9.10. The van der Waals surface area contributed by atoms with E-state index in [0.717, 1.165) is 27.6 Å². The minimum Gasteiger partial charge on any atom is -0.321 e. The van der Waals surface area contributed by atoms with Crippen molar-refractivity contribution < 1.29 is 9.72 Å². The first-order chi connectivity index (χ1) is 12.8. The van der Waals surface area contributed by atoms with Crippen molar-refractivity contribution in [3.63, 3.8) is 0 Å². The van der Waals surface area contributed by atoms with Crippen LogP contribution < -0.4 is 5.32 Å². The van der Waals surface area contributed by atoms with Crippen molar-refractivity contribution >= 4 is 79.5 Å². The number of pyridine rings is 1. The smallest absolute Gasteiger partial charge is 0.294 e. The molecule has 6 nitrogen and oxygen atoms in total. The molecule has 0 unspecified atom stereocenters. The molecule has 0 spiro atoms. The number of nitro groups is 1. The number of amides is 1. The SMILES string of the molecule is O=C(Nc1cccc(Br)c1)c1cc([N+](=O)[O-])c(Sc2c(Cl)cncc2Cl)s1. The van der Waals surface area contributed by atoms with Crippen LogP contribution in [0.15, 0.2) is 56.3 Å². The number of rotatable bonds is 5. The van der Waals surface area contributed by atoms with E-state index >= 15 is 0 Å². The fourth-order valence-electron chi connectivity index (χ4n) is 2.03. The summed E-state index contributed by atoms with van der Waals surface area (Å²) >= 11 is 17.5. The Kier molecular flexibility index (Phi) is 6.38. The van der Waals surface area contributed by atoms with Crippen LogP contribution in [0.4, 0.5) is 11.4 Å². The molecule has 138 valence electrons. The number of halogens is 3. The molecule has 0 radical (unpaired) electrons. The topological polar surface area (TPSA) is 85.1 Å². The van der Waals surface area contributed by atoms with Crippen LogP contribution in [-0.2, 0) is 0 Å². The molecule has 0 aliphatic heterocycles. The normalized spacial score (nSPS) is 10.6. The molecule has 0 saturated carbocycles. The molecule has 1 aromatic carbocycles. The molecule has 3 aromatic rings. The van der Waals surface area contributed by atoms with Crippen molar-refractivity contribution in [2.45, 2.75) is 9.10 Å². The lowest BCUT2D eigenvalue weighted by Gasteiger charge is -2.04. The van der Waals surface area contributed by atoms with Crippen LogP contribution in [0, 0.1) is 10.1 Å². The molecule has 2 heterocycles. The number of carbonyl (C=O) groups is 1. The summed E-state index contributed by atoms with van der Waals surface area (Å²) in [6.45, 7) is 0. The lowest BCUT2D eigenvalue weighted by atomic mass is 10.3. The Labute approximate surface area is 180 Å². The van der Waals surface area contributed by atoms with Gasteiger partial charge in [-0.05, 0) is 18.2 Å². The maximum Gasteiger partial charge on any atom is 0.294 e. The number of benzene rings is 1. The van der Waals surface area contributed by atoms with Gasteiger partial charge in [0.1, 0.15) is 9.09 Å². The van der Waals surface area contributed by atoms with Crippen LogP contribution >= 0.6 is 62.2 Å². The summed E-state index contributed by atoms with van der Waals surface area (Å²) in [6.07, 6.45) is 2.80. The largest absolute Gasteiger partial charge is 0.321 e. The van der Waals surface area contributed by atoms with Crippen LogP contribution in [0.5, 0.6) is 0 Å². The molecule has 0 atom stereocenters. The Bertz CT molecular complexity index is 1030. The fraction of sp³-hybridized carbons (Fsp3) is 0. The Hall–Kier alpha value is -1.65. The number of nitrogens with one attached hydrogen (secondary N) is 1. The third-order valence-electron chi connectivity index (χ3n) is 3.19. The molecule has 0 aliphatic rings. The Morgan fingerprint density at radius 1 is 1.26 bits per heavy atom. The molecule has 1 N–H and O–H groups in total. The van der Waals surface area contributed by atoms with Crippen molar-refractivity contribution in [3.8, 4) is 0 Å². The van der Waals surface area contributed by atoms with Gasteiger partial charge in [0.05, 0.1) is 19.9 Å². The van der Waals surface area contributed by atoms with Gasteiger partial charge in [0.25, 0.3) is 11.6 Å². The highest BCUT2D eigenvalue weighted by Gasteiger charge is 2.25. The zero-order valence-electron chi connectivity index (χ0n) is 13.1. The minimum atomic E-state index is -0.544. The van der Waals surface area contributed by atoms with Gasteiger partial charge in [-0.3, -0.25) is 19.9 Å². The predicted molar refractivity (Wildman–Crippen MR) is 111 cm³/mol. The zero-order chi connectivity index (χ0) is 19.6. The first-order valence-corrected chi connectivity index (χ1v) is 10.4. The number of nitrogens with zero attached hydrogens (tertiary/aromatic N) is 2. The summed E-state index contributed by atoms with van der Waals surface area (Å²) in [6, 6.07) is 8.28. The van der Waals surface area contributed by atoms with Gasteiger partial charge < -0.3 is 5.32 Å². The lowest BCUT2D eigenvalue weighted by Crippen LogP contribution is -2.09. The van der Waals surface area contributed by atoms with Gasteiger partial charge in [0.15, 0.2) is 0 Å². The molecular weight excluding hydrogens is 497 g/mol. The van der Waals surface area contributed by atoms with E-state index in [1.54, 1.807) is 18.2 Å². The number of carbonyl (C=O) groups excluding carboxylic acids is 1. The summed E-state index contributed by atoms with van der Waals surface area (Å²) in [5.41, 5.74) is 0.383. The van der Waals surface area contributed by atoms with Crippen molar-refractivity contribution in [2.75, 3.05) is 5.32 Å². The second-order valence-electron chi connectivity index (χ2n) is 5.04. The van der Waals surface area contributed by atoms with Crippen LogP contribution in [0.2, 0.25) is 10.0 Å². The van der Waals surface area contributed by atoms with Crippen LogP contribution in [-0.4, -0.2) is 15.8 Å². The van der Waals surface area contributed by atoms with E-state index in [0.29, 0.717) is 14.8 Å². The fourth-order valence-corrected chi connectivity index (χ4v) is 5.18. The standard InChI is InChI=1S/C16H8BrCl2N3O3S2/c17-8-2-1-3-9(4-8)21-15(23)13-5-12(22(24)25)16(26-13)27-14-10(18)6-20-7-11(14)19/h1-7H,(H,21,23). The highest BCUT2D eigenvalue weighted by atomic mass is 79.9. The molecular formula is C16H8BrCl2N3O3S2. The van der Waals surface area contributed by atoms with Crippen LogP contribution in [0.1, 0.15) is 9.67 Å². The quantitative estimate of drug-likeness (QED) is 0.315. The second kappa shape index (κ2) is 8.57. The van der Waals surface area contributed by atoms with E-state index in [4.69, 9.17) is 23.2 Å². The second-order valence-corrected chi connectivity index (χ2v) is 9.10. The van der Waals surface area contributed by atoms with E-state index in [9.17, 15) is 14.9 Å². The lowest BCUT2D eigenvalue weighted by molar-refractivity contribution is -0.387. The third-order valence-corrected chi connectivity index (χ3v) is 6.93. The first kappa shape index (κ1) is 20.1. The summed E-state index contributed by atoms with van der Waals surface area (Å²) in [7, 11) is 0. The van der Waals surface area contributed by atoms with Crippen LogP contribution in [0.3, 0.4) is 0 Å². The number of hydrogen-bond donors (Lipinski definition) is 1. The van der Waals surface area contributed by atoms with Gasteiger partial charge in [0.2, 0.25) is 0 Å². The van der Waals surface area contributed by atoms with Crippen LogP contribution in [0.25, 0.3) is 0 Å². The number of aromatic nitrogens is 1. The van der Waals surface area contributed by atoms with E-state index in [1.165, 1.54) is 18.5 Å². The molecule has 0 bridgehead atoms. The average molecular weight is 505 g/mol. The van der Waals surface area contributed by atoms with E-state index in [2.05, 4.69) is 26.2 Å². The summed E-state index contributed by atoms with van der Waals surface area (Å²) < 4.78 is 1.10. The molecule has 3 rings (SSSR count). The van der Waals surface area contributed by atoms with E-state index in [-0.39, 0.29) is 20.6 Å². The molecule has 0 saturated heterocycles. The maximum absolute atomic E-state index is 12.5. The number of thiophene rings is 1. The van der Waals surface area contributed by atoms with Crippen molar-refractivity contribution in [1.29, 1.82) is 0 Å². The summed E-state index contributed by atoms with van der Waals surface area (Å²) in [5.74, 6) is -0.444. The molecule has 0 aliphatic carbocycles. The Morgan fingerprint density at radius 2 is 1.96 bits per heavy atom. The highest BCUT2D eigenvalue weighted by Crippen LogP contribution is 2.45. The van der Waals surface area contributed by atoms with E-state index in [1.807, 2.05) is 6.07 Å². The van der Waals surface area contributed by atoms with Gasteiger partial charge in [-0.1, -0.05) is 57.0 Å². The molecule has 2 aromatic heterocycles. The first-order valence-electron chi connectivity index (χ1n) is 7.17. The summed E-state index contributed by atoms with van der Waals surface area (Å²) in [5, 5.41) is 14.7. The van der Waals surface area contributed by atoms with Gasteiger partial charge in [0, 0.05) is 28.6 Å². The van der Waals surface area contributed by atoms with Gasteiger partial charge in [-0.15, -0.1) is 11.3 Å². The maximum atomic E-state index is 12.5. The monoisotopic (exact) mass is 503 g/mol. The summed E-state index contributed by atoms with van der Waals surface area (Å²) in [4.78, 5) is 27.8. The average Bonchev–Trinajstić information content (AvgIpc) is 3.03. The zero-order valence-corrected chi connectivity index (χ0v) is 17.8. The molecule has 1 amide bonds. The minimum absolute atomic E-state index is 0.187. The Morgan fingerprint density at radius 3 is 2.59 bits per heavy atom. The molecule has 27 heavy (non-hydrogen) atoms. The number of anilines is 1. The molecule has 0 fully saturated rings. The third kappa shape index (κ3) is 4.80. The van der Waals surface area contributed by atoms with Gasteiger partial charge >= 0.3 is 0 Å². The van der Waals surface area contributed by atoms with Gasteiger partial charge in [-0.2, -0.15) is 0 Å². The number of hydrogen-bond acceptors (Lipinski definition) is 6. The van der Waals surface area contributed by atoms with Gasteiger partial charge in [-0.25, -0.2) is 0 Å². The van der Waals surface area contributed by atoms with Crippen molar-refractivity contribution in [3.05, 3.63) is 72.2 Å². The van der Waals surface area contributed by atoms with Crippen molar-refractivity contribution in [1.82, 2.24) is 4.98 Å². The van der Waals surface area contributed by atoms with Crippen molar-refractivity contribution in [2.24, 2.45) is 0 Å². The van der Waals surface area contributed by atoms with E-state index < -0.39 is 10.8 Å². The Balaban J connectivity index is 1.91.